The number of halogens is 1. The number of aliphatic hydroxyl groups is 1. The van der Waals surface area contributed by atoms with Crippen LogP contribution in [0.25, 0.3) is 0 Å². The van der Waals surface area contributed by atoms with Gasteiger partial charge in [0.1, 0.15) is 5.60 Å². The van der Waals surface area contributed by atoms with E-state index < -0.39 is 5.60 Å². The fourth-order valence-corrected chi connectivity index (χ4v) is 3.92. The second kappa shape index (κ2) is 15.1. The van der Waals surface area contributed by atoms with Crippen molar-refractivity contribution in [2.75, 3.05) is 39.3 Å². The lowest BCUT2D eigenvalue weighted by molar-refractivity contribution is 0.0162. The van der Waals surface area contributed by atoms with E-state index >= 15 is 0 Å². The van der Waals surface area contributed by atoms with Crippen molar-refractivity contribution in [1.29, 1.82) is 0 Å². The molecule has 0 spiro atoms. The van der Waals surface area contributed by atoms with Crippen LogP contribution in [0.5, 0.6) is 0 Å². The number of hydrogen-bond acceptors (Lipinski definition) is 4. The van der Waals surface area contributed by atoms with Crippen LogP contribution in [-0.4, -0.2) is 67.0 Å². The number of nitrogens with one attached hydrogen (secondary N) is 2. The van der Waals surface area contributed by atoms with E-state index in [0.29, 0.717) is 12.5 Å². The molecule has 3 N–H and O–H groups in total. The van der Waals surface area contributed by atoms with Crippen molar-refractivity contribution in [1.82, 2.24) is 15.5 Å². The van der Waals surface area contributed by atoms with Gasteiger partial charge in [0.2, 0.25) is 0 Å². The zero-order chi connectivity index (χ0) is 22.6. The summed E-state index contributed by atoms with van der Waals surface area (Å²) in [5, 5.41) is 16.2. The highest BCUT2D eigenvalue weighted by Gasteiger charge is 2.28. The summed E-state index contributed by atoms with van der Waals surface area (Å²) in [5.74, 6) is 1.31. The van der Waals surface area contributed by atoms with E-state index in [1.54, 1.807) is 0 Å². The molecule has 184 valence electrons. The van der Waals surface area contributed by atoms with Gasteiger partial charge in [-0.15, -0.1) is 24.0 Å². The van der Waals surface area contributed by atoms with Crippen LogP contribution in [0.1, 0.15) is 80.1 Å². The molecule has 1 fully saturated rings. The first-order valence-corrected chi connectivity index (χ1v) is 11.8. The van der Waals surface area contributed by atoms with E-state index in [2.05, 4.69) is 31.4 Å². The first-order chi connectivity index (χ1) is 14.2. The molecule has 0 aromatic carbocycles. The summed E-state index contributed by atoms with van der Waals surface area (Å²) < 4.78 is 5.53. The Morgan fingerprint density at radius 2 is 1.87 bits per heavy atom. The first-order valence-electron chi connectivity index (χ1n) is 11.8. The third-order valence-electron chi connectivity index (χ3n) is 6.07. The van der Waals surface area contributed by atoms with Crippen LogP contribution in [0.3, 0.4) is 0 Å². The molecule has 0 saturated carbocycles. The highest BCUT2D eigenvalue weighted by atomic mass is 127. The Bertz CT molecular complexity index is 533. The van der Waals surface area contributed by atoms with Gasteiger partial charge < -0.3 is 25.4 Å². The number of amides is 1. The number of aliphatic imine (C=N–C) groups is 1. The average molecular weight is 555 g/mol. The number of carbonyl (C=O) groups is 1. The number of aliphatic hydroxyl groups excluding tert-OH is 1. The van der Waals surface area contributed by atoms with E-state index in [9.17, 15) is 9.90 Å². The summed E-state index contributed by atoms with van der Waals surface area (Å²) in [5.41, 5.74) is -0.389. The molecule has 1 rings (SSSR count). The van der Waals surface area contributed by atoms with Gasteiger partial charge in [0, 0.05) is 39.3 Å². The molecule has 31 heavy (non-hydrogen) atoms. The highest BCUT2D eigenvalue weighted by Crippen LogP contribution is 2.30. The Hall–Kier alpha value is -0.770. The average Bonchev–Trinajstić information content (AvgIpc) is 2.70. The summed E-state index contributed by atoms with van der Waals surface area (Å²) in [6, 6.07) is 0. The number of ether oxygens (including phenoxy) is 1. The molecule has 1 unspecified atom stereocenters. The molecular weight excluding hydrogens is 507 g/mol. The maximum Gasteiger partial charge on any atom is 0.410 e. The Labute approximate surface area is 207 Å². The summed E-state index contributed by atoms with van der Waals surface area (Å²) in [6.45, 7) is 16.2. The monoisotopic (exact) mass is 554 g/mol. The summed E-state index contributed by atoms with van der Waals surface area (Å²) >= 11 is 0. The van der Waals surface area contributed by atoms with Crippen molar-refractivity contribution in [2.45, 2.75) is 85.7 Å². The molecular formula is C23H47IN4O3. The minimum Gasteiger partial charge on any atom is -0.444 e. The van der Waals surface area contributed by atoms with Gasteiger partial charge in [-0.3, -0.25) is 4.99 Å². The van der Waals surface area contributed by atoms with Crippen LogP contribution in [0, 0.1) is 11.3 Å². The predicted octanol–water partition coefficient (Wildman–Crippen LogP) is 4.39. The van der Waals surface area contributed by atoms with E-state index in [4.69, 9.17) is 9.73 Å². The van der Waals surface area contributed by atoms with Gasteiger partial charge in [0.15, 0.2) is 5.96 Å². The molecule has 0 radical (unpaired) electrons. The van der Waals surface area contributed by atoms with E-state index in [1.165, 1.54) is 0 Å². The number of piperidine rings is 1. The number of rotatable bonds is 10. The second-order valence-electron chi connectivity index (χ2n) is 9.53. The third kappa shape index (κ3) is 11.6. The van der Waals surface area contributed by atoms with Gasteiger partial charge in [0.05, 0.1) is 0 Å². The number of hydrogen-bond donors (Lipinski definition) is 3. The molecule has 8 heteroatoms. The van der Waals surface area contributed by atoms with Crippen molar-refractivity contribution < 1.29 is 14.6 Å². The maximum atomic E-state index is 12.4. The van der Waals surface area contributed by atoms with Crippen LogP contribution in [-0.2, 0) is 4.74 Å². The van der Waals surface area contributed by atoms with Crippen molar-refractivity contribution in [3.63, 3.8) is 0 Å². The molecule has 0 aromatic rings. The lowest BCUT2D eigenvalue weighted by Gasteiger charge is -2.34. The van der Waals surface area contributed by atoms with Gasteiger partial charge in [-0.25, -0.2) is 4.79 Å². The molecule has 0 aromatic heterocycles. The molecule has 0 bridgehead atoms. The summed E-state index contributed by atoms with van der Waals surface area (Å²) in [7, 11) is 0. The number of carbonyl (C=O) groups excluding carboxylic acids is 1. The highest BCUT2D eigenvalue weighted by molar-refractivity contribution is 14.0. The number of nitrogens with zero attached hydrogens (tertiary/aromatic N) is 2. The number of likely N-dealkylation sites (tertiary alicyclic amines) is 1. The van der Waals surface area contributed by atoms with Crippen LogP contribution in [0.15, 0.2) is 4.99 Å². The van der Waals surface area contributed by atoms with Gasteiger partial charge in [0.25, 0.3) is 0 Å². The van der Waals surface area contributed by atoms with E-state index in [-0.39, 0.29) is 42.1 Å². The Morgan fingerprint density at radius 1 is 1.19 bits per heavy atom. The fraction of sp³-hybridized carbons (Fsp3) is 0.913. The zero-order valence-electron chi connectivity index (χ0n) is 20.6. The lowest BCUT2D eigenvalue weighted by Crippen LogP contribution is -2.44. The van der Waals surface area contributed by atoms with Crippen LogP contribution in [0.2, 0.25) is 0 Å². The Balaban J connectivity index is 0.00000900. The minimum absolute atomic E-state index is 0. The number of guanidine groups is 1. The molecule has 1 aliphatic heterocycles. The van der Waals surface area contributed by atoms with Crippen LogP contribution >= 0.6 is 24.0 Å². The third-order valence-corrected chi connectivity index (χ3v) is 6.07. The molecule has 1 atom stereocenters. The summed E-state index contributed by atoms with van der Waals surface area (Å²) in [6.07, 6.45) is 5.76. The van der Waals surface area contributed by atoms with Crippen LogP contribution in [0.4, 0.5) is 4.79 Å². The minimum atomic E-state index is -0.453. The Kier molecular flexibility index (Phi) is 14.8. The molecule has 7 nitrogen and oxygen atoms in total. The van der Waals surface area contributed by atoms with E-state index in [0.717, 1.165) is 70.7 Å². The maximum absolute atomic E-state index is 12.4. The second-order valence-corrected chi connectivity index (χ2v) is 9.53. The van der Waals surface area contributed by atoms with Crippen molar-refractivity contribution >= 4 is 36.0 Å². The van der Waals surface area contributed by atoms with Gasteiger partial charge in [-0.2, -0.15) is 0 Å². The smallest absolute Gasteiger partial charge is 0.410 e. The van der Waals surface area contributed by atoms with Gasteiger partial charge in [-0.05, 0) is 77.6 Å². The topological polar surface area (TPSA) is 86.2 Å². The SMILES string of the molecule is CCNC(=NCC(CC)(CC)CCO)NCCC1CCCN(C(=O)OC(C)(C)C)C1.I. The molecule has 0 aliphatic carbocycles. The van der Waals surface area contributed by atoms with Crippen molar-refractivity contribution in [3.05, 3.63) is 0 Å². The molecule has 1 saturated heterocycles. The van der Waals surface area contributed by atoms with Crippen LogP contribution < -0.4 is 10.6 Å². The largest absolute Gasteiger partial charge is 0.444 e. The van der Waals surface area contributed by atoms with Crippen molar-refractivity contribution in [3.8, 4) is 0 Å². The van der Waals surface area contributed by atoms with Crippen molar-refractivity contribution in [2.24, 2.45) is 16.3 Å². The summed E-state index contributed by atoms with van der Waals surface area (Å²) in [4.78, 5) is 19.0. The van der Waals surface area contributed by atoms with Gasteiger partial charge in [-0.1, -0.05) is 13.8 Å². The van der Waals surface area contributed by atoms with E-state index in [1.807, 2.05) is 25.7 Å². The molecule has 1 amide bonds. The lowest BCUT2D eigenvalue weighted by atomic mass is 9.79. The van der Waals surface area contributed by atoms with Gasteiger partial charge >= 0.3 is 6.09 Å². The molecule has 1 aliphatic rings. The standard InChI is InChI=1S/C23H46N4O3.HI/c1-7-23(8-2,13-16-28)18-26-20(24-9-3)25-14-12-19-11-10-15-27(17-19)21(29)30-22(4,5)6;/h19,28H,7-18H2,1-6H3,(H2,24,25,26);1H. The normalized spacial score (nSPS) is 17.7. The predicted molar refractivity (Wildman–Crippen MR) is 139 cm³/mol. The fourth-order valence-electron chi connectivity index (χ4n) is 3.92. The quantitative estimate of drug-likeness (QED) is 0.212. The Morgan fingerprint density at radius 3 is 2.42 bits per heavy atom. The zero-order valence-corrected chi connectivity index (χ0v) is 23.0. The molecule has 1 heterocycles. The first kappa shape index (κ1) is 30.2.